The molecule has 0 heterocycles. The van der Waals surface area contributed by atoms with Crippen molar-refractivity contribution >= 4 is 11.8 Å². The van der Waals surface area contributed by atoms with E-state index in [2.05, 4.69) is 37.6 Å². The van der Waals surface area contributed by atoms with E-state index in [1.807, 2.05) is 30.8 Å². The average molecular weight is 253 g/mol. The molecule has 0 radical (unpaired) electrons. The Morgan fingerprint density at radius 3 is 2.65 bits per heavy atom. The highest BCUT2D eigenvalue weighted by atomic mass is 32.2. The first-order valence-corrected chi connectivity index (χ1v) is 7.45. The molecule has 2 nitrogen and oxygen atoms in total. The number of hydrogen-bond acceptors (Lipinski definition) is 3. The van der Waals surface area contributed by atoms with Crippen LogP contribution in [-0.4, -0.2) is 24.7 Å². The first kappa shape index (κ1) is 14.4. The Bertz CT molecular complexity index is 330. The Labute approximate surface area is 109 Å². The minimum Gasteiger partial charge on any atom is -0.494 e. The minimum absolute atomic E-state index is 0.326. The number of thioether (sulfide) groups is 1. The second-order valence-electron chi connectivity index (χ2n) is 4.15. The molecular weight excluding hydrogens is 230 g/mol. The first-order valence-electron chi connectivity index (χ1n) is 6.17. The molecule has 0 aromatic heterocycles. The lowest BCUT2D eigenvalue weighted by Gasteiger charge is -2.19. The van der Waals surface area contributed by atoms with Crippen LogP contribution in [0.5, 0.6) is 5.75 Å². The predicted octanol–water partition coefficient (Wildman–Crippen LogP) is 3.49. The highest BCUT2D eigenvalue weighted by Crippen LogP contribution is 2.24. The van der Waals surface area contributed by atoms with Gasteiger partial charge in [-0.15, -0.1) is 0 Å². The van der Waals surface area contributed by atoms with Gasteiger partial charge >= 0.3 is 0 Å². The molecule has 0 aliphatic carbocycles. The van der Waals surface area contributed by atoms with Crippen LogP contribution in [0.4, 0.5) is 0 Å². The van der Waals surface area contributed by atoms with Crippen molar-refractivity contribution in [2.45, 2.75) is 32.1 Å². The van der Waals surface area contributed by atoms with E-state index in [1.165, 1.54) is 5.56 Å². The molecule has 17 heavy (non-hydrogen) atoms. The third-order valence-corrected chi connectivity index (χ3v) is 3.77. The summed E-state index contributed by atoms with van der Waals surface area (Å²) >= 11 is 1.88. The van der Waals surface area contributed by atoms with Crippen LogP contribution in [0.25, 0.3) is 0 Å². The average Bonchev–Trinajstić information content (AvgIpc) is 2.36. The molecule has 0 aliphatic heterocycles. The van der Waals surface area contributed by atoms with Gasteiger partial charge in [-0.1, -0.05) is 25.1 Å². The van der Waals surface area contributed by atoms with Crippen LogP contribution in [-0.2, 0) is 0 Å². The molecule has 0 spiro atoms. The summed E-state index contributed by atoms with van der Waals surface area (Å²) in [6, 6.07) is 8.58. The lowest BCUT2D eigenvalue weighted by molar-refractivity contribution is 0.332. The van der Waals surface area contributed by atoms with Crippen molar-refractivity contribution in [1.82, 2.24) is 5.32 Å². The first-order chi connectivity index (χ1) is 8.19. The smallest absolute Gasteiger partial charge is 0.124 e. The highest BCUT2D eigenvalue weighted by molar-refractivity contribution is 7.99. The summed E-state index contributed by atoms with van der Waals surface area (Å²) < 4.78 is 5.65. The normalized spacial score (nSPS) is 14.4. The van der Waals surface area contributed by atoms with Crippen LogP contribution in [0.15, 0.2) is 24.3 Å². The van der Waals surface area contributed by atoms with Gasteiger partial charge in [0.25, 0.3) is 0 Å². The molecule has 2 atom stereocenters. The van der Waals surface area contributed by atoms with Gasteiger partial charge in [-0.3, -0.25) is 0 Å². The van der Waals surface area contributed by atoms with Crippen molar-refractivity contribution in [2.75, 3.05) is 19.4 Å². The van der Waals surface area contributed by atoms with Crippen LogP contribution in [0.2, 0.25) is 0 Å². The zero-order chi connectivity index (χ0) is 12.7. The van der Waals surface area contributed by atoms with Gasteiger partial charge in [0.1, 0.15) is 5.75 Å². The van der Waals surface area contributed by atoms with E-state index in [-0.39, 0.29) is 0 Å². The number of ether oxygens (including phenoxy) is 1. The Hall–Kier alpha value is -0.670. The van der Waals surface area contributed by atoms with Crippen LogP contribution in [0.1, 0.15) is 32.4 Å². The topological polar surface area (TPSA) is 21.3 Å². The van der Waals surface area contributed by atoms with E-state index < -0.39 is 0 Å². The molecule has 3 heteroatoms. The minimum atomic E-state index is 0.326. The van der Waals surface area contributed by atoms with Crippen LogP contribution >= 0.6 is 11.8 Å². The second kappa shape index (κ2) is 7.62. The van der Waals surface area contributed by atoms with Gasteiger partial charge in [-0.25, -0.2) is 0 Å². The highest BCUT2D eigenvalue weighted by Gasteiger charge is 2.11. The largest absolute Gasteiger partial charge is 0.494 e. The van der Waals surface area contributed by atoms with Gasteiger partial charge in [0.05, 0.1) is 6.61 Å². The Morgan fingerprint density at radius 2 is 2.00 bits per heavy atom. The molecule has 1 rings (SSSR count). The van der Waals surface area contributed by atoms with E-state index in [0.29, 0.717) is 17.9 Å². The van der Waals surface area contributed by atoms with Gasteiger partial charge in [-0.2, -0.15) is 11.8 Å². The van der Waals surface area contributed by atoms with E-state index in [9.17, 15) is 0 Å². The molecule has 0 fully saturated rings. The maximum absolute atomic E-state index is 5.65. The summed E-state index contributed by atoms with van der Waals surface area (Å²) in [7, 11) is 0. The van der Waals surface area contributed by atoms with E-state index in [1.54, 1.807) is 0 Å². The third-order valence-electron chi connectivity index (χ3n) is 2.80. The zero-order valence-electron chi connectivity index (χ0n) is 11.2. The van der Waals surface area contributed by atoms with E-state index in [4.69, 9.17) is 4.74 Å². The van der Waals surface area contributed by atoms with E-state index >= 15 is 0 Å². The summed E-state index contributed by atoms with van der Waals surface area (Å²) in [5.74, 6) is 0.992. The van der Waals surface area contributed by atoms with Crippen molar-refractivity contribution in [2.24, 2.45) is 0 Å². The molecule has 0 saturated carbocycles. The quantitative estimate of drug-likeness (QED) is 0.804. The molecule has 96 valence electrons. The van der Waals surface area contributed by atoms with Crippen LogP contribution < -0.4 is 10.1 Å². The van der Waals surface area contributed by atoms with Crippen molar-refractivity contribution < 1.29 is 4.74 Å². The van der Waals surface area contributed by atoms with Gasteiger partial charge < -0.3 is 10.1 Å². The van der Waals surface area contributed by atoms with E-state index in [0.717, 1.165) is 12.3 Å². The molecule has 0 amide bonds. The summed E-state index contributed by atoms with van der Waals surface area (Å²) in [6.07, 6.45) is 2.14. The van der Waals surface area contributed by atoms with Crippen LogP contribution in [0, 0.1) is 0 Å². The Balaban J connectivity index is 2.64. The lowest BCUT2D eigenvalue weighted by atomic mass is 10.1. The Morgan fingerprint density at radius 1 is 1.29 bits per heavy atom. The second-order valence-corrected chi connectivity index (χ2v) is 5.42. The fraction of sp³-hybridized carbons (Fsp3) is 0.571. The number of rotatable bonds is 7. The van der Waals surface area contributed by atoms with Gasteiger partial charge in [0.2, 0.25) is 0 Å². The van der Waals surface area contributed by atoms with Gasteiger partial charge in [0.15, 0.2) is 0 Å². The fourth-order valence-corrected chi connectivity index (χ4v) is 1.92. The number of nitrogens with one attached hydrogen (secondary N) is 1. The molecule has 0 bridgehead atoms. The third kappa shape index (κ3) is 4.60. The predicted molar refractivity (Wildman–Crippen MR) is 77.0 cm³/mol. The maximum Gasteiger partial charge on any atom is 0.124 e. The van der Waals surface area contributed by atoms with Crippen LogP contribution in [0.3, 0.4) is 0 Å². The number of benzene rings is 1. The SMILES string of the molecule is CCOc1ccccc1C(C)NCC(C)SC. The monoisotopic (exact) mass is 253 g/mol. The van der Waals surface area contributed by atoms with Gasteiger partial charge in [-0.05, 0) is 26.2 Å². The summed E-state index contributed by atoms with van der Waals surface area (Å²) in [5, 5.41) is 4.18. The number of para-hydroxylation sites is 1. The zero-order valence-corrected chi connectivity index (χ0v) is 12.0. The fourth-order valence-electron chi connectivity index (χ4n) is 1.66. The van der Waals surface area contributed by atoms with Crippen molar-refractivity contribution in [3.05, 3.63) is 29.8 Å². The maximum atomic E-state index is 5.65. The summed E-state index contributed by atoms with van der Waals surface area (Å²) in [4.78, 5) is 0. The molecule has 1 aromatic rings. The molecule has 1 aromatic carbocycles. The van der Waals surface area contributed by atoms with Gasteiger partial charge in [0, 0.05) is 23.4 Å². The lowest BCUT2D eigenvalue weighted by Crippen LogP contribution is -2.26. The van der Waals surface area contributed by atoms with Crippen molar-refractivity contribution in [3.8, 4) is 5.75 Å². The van der Waals surface area contributed by atoms with Crippen molar-refractivity contribution in [1.29, 1.82) is 0 Å². The molecule has 2 unspecified atom stereocenters. The standard InChI is InChI=1S/C14H23NOS/c1-5-16-14-9-7-6-8-13(14)12(3)15-10-11(2)17-4/h6-9,11-12,15H,5,10H2,1-4H3. The number of hydrogen-bond donors (Lipinski definition) is 1. The summed E-state index contributed by atoms with van der Waals surface area (Å²) in [5.41, 5.74) is 1.24. The summed E-state index contributed by atoms with van der Waals surface area (Å²) in [6.45, 7) is 8.17. The molecule has 0 aliphatic rings. The Kier molecular flexibility index (Phi) is 6.45. The van der Waals surface area contributed by atoms with Crippen molar-refractivity contribution in [3.63, 3.8) is 0 Å². The molecule has 1 N–H and O–H groups in total. The molecular formula is C14H23NOS. The molecule has 0 saturated heterocycles.